The highest BCUT2D eigenvalue weighted by atomic mass is 35.5. The minimum atomic E-state index is -3.43. The molecule has 2 aliphatic carbocycles. The second-order valence-electron chi connectivity index (χ2n) is 14.2. The van der Waals surface area contributed by atoms with Gasteiger partial charge >= 0.3 is 0 Å². The monoisotopic (exact) mass is 732 g/mol. The van der Waals surface area contributed by atoms with E-state index in [2.05, 4.69) is 50.0 Å². The maximum Gasteiger partial charge on any atom is 0.286 e. The molecule has 51 heavy (non-hydrogen) atoms. The number of nitrogens with one attached hydrogen (secondary N) is 1. The highest BCUT2D eigenvalue weighted by Gasteiger charge is 2.44. The highest BCUT2D eigenvalue weighted by Crippen LogP contribution is 2.47. The Kier molecular flexibility index (Phi) is 11.8. The second-order valence-corrected chi connectivity index (χ2v) is 16.7. The van der Waals surface area contributed by atoms with Crippen molar-refractivity contribution in [2.45, 2.75) is 76.2 Å². The van der Waals surface area contributed by atoms with Crippen molar-refractivity contribution in [1.29, 1.82) is 0 Å². The van der Waals surface area contributed by atoms with E-state index in [4.69, 9.17) is 21.1 Å². The molecular formula is C40H49ClN4O5S. The second kappa shape index (κ2) is 16.3. The Hall–Kier alpha value is -3.73. The Labute approximate surface area is 307 Å². The molecular weight excluding hydrogens is 684 g/mol. The van der Waals surface area contributed by atoms with Gasteiger partial charge in [0.15, 0.2) is 0 Å². The minimum Gasteiger partial charge on any atom is -0.490 e. The molecule has 0 radical (unpaired) electrons. The lowest BCUT2D eigenvalue weighted by Gasteiger charge is -2.46. The smallest absolute Gasteiger partial charge is 0.286 e. The summed E-state index contributed by atoms with van der Waals surface area (Å²) in [5, 5.41) is 0.741. The lowest BCUT2D eigenvalue weighted by atomic mass is 9.68. The van der Waals surface area contributed by atoms with E-state index in [1.54, 1.807) is 25.5 Å². The number of hydrogen-bond donors (Lipinski definition) is 1. The normalized spacial score (nSPS) is 28.8. The zero-order valence-corrected chi connectivity index (χ0v) is 31.2. The van der Waals surface area contributed by atoms with Crippen LogP contribution in [-0.4, -0.2) is 61.4 Å². The van der Waals surface area contributed by atoms with E-state index in [0.29, 0.717) is 49.0 Å². The summed E-state index contributed by atoms with van der Waals surface area (Å²) in [4.78, 5) is 33.1. The van der Waals surface area contributed by atoms with Crippen LogP contribution in [0.4, 0.5) is 5.69 Å². The molecule has 11 heteroatoms. The maximum absolute atomic E-state index is 14.3. The number of amides is 2. The van der Waals surface area contributed by atoms with Crippen LogP contribution < -0.4 is 14.4 Å². The largest absolute Gasteiger partial charge is 0.490 e. The number of aryl methyl sites for hydroxylation is 1. The molecule has 2 aromatic rings. The third-order valence-corrected chi connectivity index (χ3v) is 13.0. The number of carbonyl (C=O) groups excluding carboxylic acids is 2. The first-order valence-corrected chi connectivity index (χ1v) is 20.1. The van der Waals surface area contributed by atoms with Crippen LogP contribution in [0.2, 0.25) is 5.02 Å². The summed E-state index contributed by atoms with van der Waals surface area (Å²) in [5.74, 6) is 0.436. The molecule has 0 aromatic heterocycles. The quantitative estimate of drug-likeness (QED) is 0.177. The molecule has 2 aromatic carbocycles. The standard InChI is InChI=1S/C40H49ClN4O5S/c1-4-28(19-21-42-2)11-18-38(46)43-51(48)22-7-5-6-10-36(49-3)33-15-12-31(33)25-45-26-40(20-8-9-29-23-32(41)14-16-34(29)40)27-50-37-17-13-30(24-35(37)45)39(47)44-51/h4,6,10,13-14,16-17,19,21,23-24,31,33,36H,2,5,7-9,11-12,15,18,20,22,25-27H2,1,3H3,(H,43,44,46,47,48)/b10-6+,21-19-,28-4-/t31-,33+,36-,40-,51?/m0/s1. The van der Waals surface area contributed by atoms with Gasteiger partial charge in [-0.05, 0) is 124 Å². The number of nitrogens with zero attached hydrogens (tertiary/aromatic N) is 3. The lowest BCUT2D eigenvalue weighted by Crippen LogP contribution is -2.49. The van der Waals surface area contributed by atoms with Crippen molar-refractivity contribution in [2.75, 3.05) is 37.5 Å². The topological polar surface area (TPSA) is 110 Å². The van der Waals surface area contributed by atoms with Gasteiger partial charge in [-0.2, -0.15) is 0 Å². The van der Waals surface area contributed by atoms with Crippen LogP contribution in [0.15, 0.2) is 81.8 Å². The van der Waals surface area contributed by atoms with Crippen LogP contribution in [0, 0.1) is 11.8 Å². The Bertz CT molecular complexity index is 1860. The third kappa shape index (κ3) is 8.50. The van der Waals surface area contributed by atoms with E-state index in [-0.39, 0.29) is 23.7 Å². The van der Waals surface area contributed by atoms with Gasteiger partial charge < -0.3 is 14.4 Å². The molecule has 4 aliphatic rings. The molecule has 2 amide bonds. The fraction of sp³-hybridized carbons (Fsp3) is 0.475. The van der Waals surface area contributed by atoms with Gasteiger partial charge in [0.1, 0.15) is 15.7 Å². The molecule has 9 nitrogen and oxygen atoms in total. The first-order chi connectivity index (χ1) is 24.7. The Morgan fingerprint density at radius 2 is 2.10 bits per heavy atom. The number of hydrogen-bond acceptors (Lipinski definition) is 7. The van der Waals surface area contributed by atoms with Gasteiger partial charge in [0.05, 0.1) is 24.2 Å². The van der Waals surface area contributed by atoms with Gasteiger partial charge in [-0.25, -0.2) is 4.21 Å². The van der Waals surface area contributed by atoms with E-state index in [1.165, 1.54) is 11.1 Å². The minimum absolute atomic E-state index is 0.0429. The Balaban J connectivity index is 1.36. The molecule has 272 valence electrons. The van der Waals surface area contributed by atoms with Crippen molar-refractivity contribution in [1.82, 2.24) is 4.72 Å². The molecule has 1 saturated carbocycles. The van der Waals surface area contributed by atoms with Crippen LogP contribution in [0.5, 0.6) is 5.75 Å². The van der Waals surface area contributed by atoms with E-state index < -0.39 is 21.7 Å². The number of benzene rings is 2. The number of carbonyl (C=O) groups is 2. The van der Waals surface area contributed by atoms with Crippen LogP contribution >= 0.6 is 11.6 Å². The maximum atomic E-state index is 14.3. The molecule has 2 aliphatic heterocycles. The Morgan fingerprint density at radius 3 is 2.86 bits per heavy atom. The molecule has 6 rings (SSSR count). The number of allylic oxidation sites excluding steroid dienone is 4. The molecule has 2 bridgehead atoms. The Morgan fingerprint density at radius 1 is 1.24 bits per heavy atom. The van der Waals surface area contributed by atoms with Gasteiger partial charge in [0.2, 0.25) is 5.91 Å². The van der Waals surface area contributed by atoms with Gasteiger partial charge in [-0.1, -0.05) is 41.5 Å². The van der Waals surface area contributed by atoms with E-state index in [0.717, 1.165) is 61.5 Å². The molecule has 0 saturated heterocycles. The van der Waals surface area contributed by atoms with E-state index >= 15 is 0 Å². The summed E-state index contributed by atoms with van der Waals surface area (Å²) >= 11 is 6.45. The first-order valence-electron chi connectivity index (χ1n) is 18.0. The summed E-state index contributed by atoms with van der Waals surface area (Å²) in [5.41, 5.74) is 4.31. The number of halogens is 1. The number of aliphatic imine (C=N–C) groups is 1. The first kappa shape index (κ1) is 37.0. The molecule has 2 heterocycles. The van der Waals surface area contributed by atoms with Gasteiger partial charge in [0, 0.05) is 48.8 Å². The SMILES string of the molecule is C=N/C=C\C(=C/C)CCC(=O)NS1(=O)=NC(=O)c2ccc3c(c2)N(C[C@@H]2CC[C@H]2[C@@H](OC)/C=C/CCC1)C[C@@]1(CCCc2cc(Cl)ccc21)CO3. The van der Waals surface area contributed by atoms with Crippen molar-refractivity contribution < 1.29 is 23.3 Å². The summed E-state index contributed by atoms with van der Waals surface area (Å²) in [6, 6.07) is 11.6. The predicted molar refractivity (Wildman–Crippen MR) is 205 cm³/mol. The summed E-state index contributed by atoms with van der Waals surface area (Å²) in [6.45, 7) is 7.34. The number of fused-ring (bicyclic) bond motifs is 4. The average molecular weight is 733 g/mol. The zero-order valence-electron chi connectivity index (χ0n) is 29.7. The highest BCUT2D eigenvalue weighted by molar-refractivity contribution is 7.92. The summed E-state index contributed by atoms with van der Waals surface area (Å²) < 4.78 is 33.8. The van der Waals surface area contributed by atoms with Crippen LogP contribution in [-0.2, 0) is 31.3 Å². The zero-order chi connectivity index (χ0) is 36.0. The van der Waals surface area contributed by atoms with Crippen molar-refractivity contribution >= 4 is 45.7 Å². The molecule has 1 fully saturated rings. The average Bonchev–Trinajstić information content (AvgIpc) is 3.25. The molecule has 1 unspecified atom stereocenters. The third-order valence-electron chi connectivity index (χ3n) is 10.9. The van der Waals surface area contributed by atoms with Gasteiger partial charge in [-0.3, -0.25) is 19.3 Å². The number of rotatable bonds is 7. The van der Waals surface area contributed by atoms with Crippen LogP contribution in [0.3, 0.4) is 0 Å². The van der Waals surface area contributed by atoms with E-state index in [1.807, 2.05) is 31.2 Å². The summed E-state index contributed by atoms with van der Waals surface area (Å²) in [7, 11) is -1.66. The van der Waals surface area contributed by atoms with Gasteiger partial charge in [0.25, 0.3) is 5.91 Å². The van der Waals surface area contributed by atoms with Crippen molar-refractivity contribution in [3.8, 4) is 5.75 Å². The van der Waals surface area contributed by atoms with Crippen molar-refractivity contribution in [3.05, 3.63) is 94.2 Å². The summed E-state index contributed by atoms with van der Waals surface area (Å²) in [6.07, 6.45) is 16.1. The lowest BCUT2D eigenvalue weighted by molar-refractivity contribution is -0.119. The fourth-order valence-electron chi connectivity index (χ4n) is 8.07. The fourth-order valence-corrected chi connectivity index (χ4v) is 9.90. The van der Waals surface area contributed by atoms with E-state index in [9.17, 15) is 13.8 Å². The van der Waals surface area contributed by atoms with Crippen LogP contribution in [0.25, 0.3) is 0 Å². The van der Waals surface area contributed by atoms with Gasteiger partial charge in [-0.15, -0.1) is 4.36 Å². The van der Waals surface area contributed by atoms with Crippen molar-refractivity contribution in [3.63, 3.8) is 0 Å². The molecule has 1 N–H and O–H groups in total. The number of ether oxygens (including phenoxy) is 2. The molecule has 5 atom stereocenters. The number of anilines is 1. The van der Waals surface area contributed by atoms with Crippen molar-refractivity contribution in [2.24, 2.45) is 21.2 Å². The predicted octanol–water partition coefficient (Wildman–Crippen LogP) is 7.78. The molecule has 1 spiro atoms. The number of methoxy groups -OCH3 is 1. The van der Waals surface area contributed by atoms with Crippen LogP contribution in [0.1, 0.15) is 79.8 Å².